The summed E-state index contributed by atoms with van der Waals surface area (Å²) in [5.41, 5.74) is 1.71. The Morgan fingerprint density at radius 1 is 1.24 bits per heavy atom. The smallest absolute Gasteiger partial charge is 0.251 e. The number of thioether (sulfide) groups is 1. The van der Waals surface area contributed by atoms with E-state index in [2.05, 4.69) is 10.3 Å². The van der Waals surface area contributed by atoms with Gasteiger partial charge in [-0.1, -0.05) is 0 Å². The van der Waals surface area contributed by atoms with Gasteiger partial charge in [-0.3, -0.25) is 4.79 Å². The molecule has 0 bridgehead atoms. The summed E-state index contributed by atoms with van der Waals surface area (Å²) in [5.74, 6) is 0.817. The lowest BCUT2D eigenvalue weighted by atomic mass is 10.2. The highest BCUT2D eigenvalue weighted by molar-refractivity contribution is 7.98. The molecule has 0 aliphatic carbocycles. The molecule has 1 heterocycles. The van der Waals surface area contributed by atoms with E-state index in [1.165, 1.54) is 0 Å². The number of nitrogens with zero attached hydrogens (tertiary/aromatic N) is 2. The predicted molar refractivity (Wildman–Crippen MR) is 88.0 cm³/mol. The van der Waals surface area contributed by atoms with Gasteiger partial charge in [-0.25, -0.2) is 4.98 Å². The summed E-state index contributed by atoms with van der Waals surface area (Å²) in [5, 5.41) is 2.93. The maximum atomic E-state index is 12.1. The minimum absolute atomic E-state index is 0.0640. The van der Waals surface area contributed by atoms with Crippen LogP contribution < -0.4 is 10.2 Å². The Morgan fingerprint density at radius 3 is 2.57 bits per heavy atom. The van der Waals surface area contributed by atoms with Crippen LogP contribution in [0.5, 0.6) is 0 Å². The molecular formula is C16H19N3OS. The van der Waals surface area contributed by atoms with E-state index >= 15 is 0 Å². The third-order valence-corrected chi connectivity index (χ3v) is 3.82. The molecule has 1 aromatic carbocycles. The number of carbonyl (C=O) groups excluding carboxylic acids is 1. The molecule has 0 saturated heterocycles. The molecule has 0 aliphatic heterocycles. The second-order valence-corrected chi connectivity index (χ2v) is 5.71. The molecule has 1 N–H and O–H groups in total. The largest absolute Gasteiger partial charge is 0.363 e. The number of carbonyl (C=O) groups is 1. The Morgan fingerprint density at radius 2 is 1.95 bits per heavy atom. The zero-order chi connectivity index (χ0) is 15.2. The molecule has 2 rings (SSSR count). The number of hydrogen-bond acceptors (Lipinski definition) is 4. The van der Waals surface area contributed by atoms with Gasteiger partial charge in [0.1, 0.15) is 5.82 Å². The highest BCUT2D eigenvalue weighted by atomic mass is 32.2. The molecule has 0 unspecified atom stereocenters. The van der Waals surface area contributed by atoms with Gasteiger partial charge in [0.25, 0.3) is 5.91 Å². The number of benzene rings is 1. The van der Waals surface area contributed by atoms with Crippen LogP contribution >= 0.6 is 11.8 Å². The van der Waals surface area contributed by atoms with E-state index in [4.69, 9.17) is 0 Å². The van der Waals surface area contributed by atoms with Gasteiger partial charge in [-0.2, -0.15) is 0 Å². The van der Waals surface area contributed by atoms with E-state index in [0.717, 1.165) is 16.3 Å². The molecule has 0 atom stereocenters. The Hall–Kier alpha value is -2.01. The lowest BCUT2D eigenvalue weighted by Crippen LogP contribution is -2.23. The minimum Gasteiger partial charge on any atom is -0.363 e. The third-order valence-electron chi connectivity index (χ3n) is 3.07. The lowest BCUT2D eigenvalue weighted by Gasteiger charge is -2.12. The Bertz CT molecular complexity index is 611. The first kappa shape index (κ1) is 15.4. The zero-order valence-electron chi connectivity index (χ0n) is 12.5. The maximum absolute atomic E-state index is 12.1. The standard InChI is InChI=1S/C16H19N3OS/c1-19(2)15-10-12(8-9-17-15)11-18-16(20)13-4-6-14(21-3)7-5-13/h4-10H,11H2,1-3H3,(H,18,20). The lowest BCUT2D eigenvalue weighted by molar-refractivity contribution is 0.0951. The van der Waals surface area contributed by atoms with Crippen molar-refractivity contribution in [1.29, 1.82) is 0 Å². The number of amides is 1. The molecule has 2 aromatic rings. The van der Waals surface area contributed by atoms with Gasteiger partial charge in [0.05, 0.1) is 0 Å². The van der Waals surface area contributed by atoms with Crippen LogP contribution in [-0.4, -0.2) is 31.2 Å². The molecule has 110 valence electrons. The van der Waals surface area contributed by atoms with Crippen molar-refractivity contribution in [2.45, 2.75) is 11.4 Å². The van der Waals surface area contributed by atoms with Crippen LogP contribution in [0.1, 0.15) is 15.9 Å². The van der Waals surface area contributed by atoms with Crippen molar-refractivity contribution in [2.75, 3.05) is 25.3 Å². The quantitative estimate of drug-likeness (QED) is 0.863. The van der Waals surface area contributed by atoms with E-state index < -0.39 is 0 Å². The van der Waals surface area contributed by atoms with Gasteiger partial charge in [0, 0.05) is 37.3 Å². The van der Waals surface area contributed by atoms with Crippen molar-refractivity contribution in [2.24, 2.45) is 0 Å². The summed E-state index contributed by atoms with van der Waals surface area (Å²) in [6, 6.07) is 11.5. The molecule has 4 nitrogen and oxygen atoms in total. The summed E-state index contributed by atoms with van der Waals surface area (Å²) in [4.78, 5) is 19.4. The van der Waals surface area contributed by atoms with Crippen LogP contribution in [0.25, 0.3) is 0 Å². The highest BCUT2D eigenvalue weighted by Gasteiger charge is 2.06. The van der Waals surface area contributed by atoms with Crippen molar-refractivity contribution in [3.05, 3.63) is 53.7 Å². The fourth-order valence-corrected chi connectivity index (χ4v) is 2.25. The molecule has 0 fully saturated rings. The van der Waals surface area contributed by atoms with E-state index in [9.17, 15) is 4.79 Å². The van der Waals surface area contributed by atoms with Crippen LogP contribution in [0, 0.1) is 0 Å². The first-order valence-corrected chi connectivity index (χ1v) is 7.87. The summed E-state index contributed by atoms with van der Waals surface area (Å²) >= 11 is 1.66. The number of pyridine rings is 1. The molecule has 0 radical (unpaired) electrons. The van der Waals surface area contributed by atoms with Crippen LogP contribution in [0.15, 0.2) is 47.5 Å². The van der Waals surface area contributed by atoms with Crippen molar-refractivity contribution in [3.63, 3.8) is 0 Å². The van der Waals surface area contributed by atoms with Gasteiger partial charge in [-0.05, 0) is 48.2 Å². The second-order valence-electron chi connectivity index (χ2n) is 4.83. The maximum Gasteiger partial charge on any atom is 0.251 e. The molecule has 21 heavy (non-hydrogen) atoms. The average molecular weight is 301 g/mol. The topological polar surface area (TPSA) is 45.2 Å². The Balaban J connectivity index is 1.98. The monoisotopic (exact) mass is 301 g/mol. The fourth-order valence-electron chi connectivity index (χ4n) is 1.84. The molecule has 0 aliphatic rings. The van der Waals surface area contributed by atoms with Crippen LogP contribution in [0.2, 0.25) is 0 Å². The number of nitrogens with one attached hydrogen (secondary N) is 1. The summed E-state index contributed by atoms with van der Waals surface area (Å²) in [6.07, 6.45) is 3.77. The molecule has 1 aromatic heterocycles. The van der Waals surface area contributed by atoms with Crippen LogP contribution in [0.4, 0.5) is 5.82 Å². The molecule has 5 heteroatoms. The Labute approximate surface area is 129 Å². The van der Waals surface area contributed by atoms with Gasteiger partial charge in [0.15, 0.2) is 0 Å². The van der Waals surface area contributed by atoms with Gasteiger partial charge < -0.3 is 10.2 Å². The number of hydrogen-bond donors (Lipinski definition) is 1. The fraction of sp³-hybridized carbons (Fsp3) is 0.250. The Kier molecular flexibility index (Phi) is 5.22. The molecule has 0 saturated carbocycles. The molecule has 0 spiro atoms. The SMILES string of the molecule is CSc1ccc(C(=O)NCc2ccnc(N(C)C)c2)cc1. The predicted octanol–water partition coefficient (Wildman–Crippen LogP) is 2.80. The minimum atomic E-state index is -0.0640. The van der Waals surface area contributed by atoms with Crippen molar-refractivity contribution in [1.82, 2.24) is 10.3 Å². The van der Waals surface area contributed by atoms with E-state index in [1.54, 1.807) is 18.0 Å². The summed E-state index contributed by atoms with van der Waals surface area (Å²) in [6.45, 7) is 0.493. The number of anilines is 1. The molecular weight excluding hydrogens is 282 g/mol. The van der Waals surface area contributed by atoms with Gasteiger partial charge in [-0.15, -0.1) is 11.8 Å². The van der Waals surface area contributed by atoms with Crippen LogP contribution in [0.3, 0.4) is 0 Å². The van der Waals surface area contributed by atoms with Crippen molar-refractivity contribution >= 4 is 23.5 Å². The van der Waals surface area contributed by atoms with E-state index in [0.29, 0.717) is 12.1 Å². The van der Waals surface area contributed by atoms with Crippen LogP contribution in [-0.2, 0) is 6.54 Å². The average Bonchev–Trinajstić information content (AvgIpc) is 2.53. The first-order chi connectivity index (χ1) is 10.1. The normalized spacial score (nSPS) is 10.2. The number of rotatable bonds is 5. The summed E-state index contributed by atoms with van der Waals surface area (Å²) < 4.78 is 0. The third kappa shape index (κ3) is 4.23. The zero-order valence-corrected chi connectivity index (χ0v) is 13.3. The molecule has 1 amide bonds. The second kappa shape index (κ2) is 7.13. The van der Waals surface area contributed by atoms with Crippen molar-refractivity contribution in [3.8, 4) is 0 Å². The van der Waals surface area contributed by atoms with Gasteiger partial charge >= 0.3 is 0 Å². The first-order valence-electron chi connectivity index (χ1n) is 6.64. The van der Waals surface area contributed by atoms with Crippen molar-refractivity contribution < 1.29 is 4.79 Å². The number of aromatic nitrogens is 1. The van der Waals surface area contributed by atoms with E-state index in [1.807, 2.05) is 61.6 Å². The van der Waals surface area contributed by atoms with E-state index in [-0.39, 0.29) is 5.91 Å². The highest BCUT2D eigenvalue weighted by Crippen LogP contribution is 2.15. The summed E-state index contributed by atoms with van der Waals surface area (Å²) in [7, 11) is 3.88. The van der Waals surface area contributed by atoms with Gasteiger partial charge in [0.2, 0.25) is 0 Å².